The smallest absolute Gasteiger partial charge is 0.319 e. The van der Waals surface area contributed by atoms with Crippen LogP contribution >= 0.6 is 11.8 Å². The van der Waals surface area contributed by atoms with E-state index in [1.807, 2.05) is 45.9 Å². The molecule has 0 unspecified atom stereocenters. The first-order chi connectivity index (χ1) is 10.8. The molecule has 0 spiro atoms. The Bertz CT molecular complexity index is 515. The van der Waals surface area contributed by atoms with E-state index in [0.717, 1.165) is 29.2 Å². The maximum Gasteiger partial charge on any atom is 0.319 e. The number of hydrogen-bond donors (Lipinski definition) is 4. The van der Waals surface area contributed by atoms with Gasteiger partial charge in [-0.2, -0.15) is 11.8 Å². The standard InChI is InChI=1S/C17H29N3O2S/c1-12-7-6-8-13(15(12)18-9-10-23-5)19-16(22)20-14(11-21)17(2,3)4/h6-8,14,18,21H,9-11H2,1-5H3,(H2,19,20,22)/t14-/m1/s1. The molecule has 5 nitrogen and oxygen atoms in total. The molecule has 6 heteroatoms. The van der Waals surface area contributed by atoms with Crippen LogP contribution in [0.2, 0.25) is 0 Å². The van der Waals surface area contributed by atoms with E-state index in [2.05, 4.69) is 22.2 Å². The highest BCUT2D eigenvalue weighted by molar-refractivity contribution is 7.98. The maximum atomic E-state index is 12.3. The van der Waals surface area contributed by atoms with Gasteiger partial charge in [0.15, 0.2) is 0 Å². The lowest BCUT2D eigenvalue weighted by molar-refractivity contribution is 0.162. The SMILES string of the molecule is CSCCNc1c(C)cccc1NC(=O)N[C@H](CO)C(C)(C)C. The Morgan fingerprint density at radius 2 is 2.04 bits per heavy atom. The van der Waals surface area contributed by atoms with Crippen molar-refractivity contribution in [1.29, 1.82) is 0 Å². The van der Waals surface area contributed by atoms with Crippen LogP contribution in [0.3, 0.4) is 0 Å². The minimum absolute atomic E-state index is 0.0937. The van der Waals surface area contributed by atoms with Crippen LogP contribution in [0.1, 0.15) is 26.3 Å². The predicted octanol–water partition coefficient (Wildman–Crippen LogP) is 3.30. The summed E-state index contributed by atoms with van der Waals surface area (Å²) < 4.78 is 0. The summed E-state index contributed by atoms with van der Waals surface area (Å²) in [5, 5.41) is 18.6. The summed E-state index contributed by atoms with van der Waals surface area (Å²) in [5.74, 6) is 0.997. The third kappa shape index (κ3) is 6.31. The first-order valence-electron chi connectivity index (χ1n) is 7.80. The zero-order chi connectivity index (χ0) is 17.5. The third-order valence-corrected chi connectivity index (χ3v) is 4.27. The number of rotatable bonds is 7. The molecule has 0 aromatic heterocycles. The van der Waals surface area contributed by atoms with Gasteiger partial charge in [-0.25, -0.2) is 4.79 Å². The summed E-state index contributed by atoms with van der Waals surface area (Å²) in [6.07, 6.45) is 2.06. The van der Waals surface area contributed by atoms with Gasteiger partial charge in [0.05, 0.1) is 24.0 Å². The van der Waals surface area contributed by atoms with Crippen molar-refractivity contribution in [2.75, 3.05) is 35.8 Å². The molecule has 0 aliphatic heterocycles. The first-order valence-corrected chi connectivity index (χ1v) is 9.19. The highest BCUT2D eigenvalue weighted by Crippen LogP contribution is 2.26. The van der Waals surface area contributed by atoms with E-state index in [4.69, 9.17) is 0 Å². The van der Waals surface area contributed by atoms with E-state index in [-0.39, 0.29) is 24.1 Å². The highest BCUT2D eigenvalue weighted by Gasteiger charge is 2.25. The Morgan fingerprint density at radius 1 is 1.35 bits per heavy atom. The van der Waals surface area contributed by atoms with Crippen LogP contribution in [0, 0.1) is 12.3 Å². The van der Waals surface area contributed by atoms with Crippen molar-refractivity contribution in [2.24, 2.45) is 5.41 Å². The lowest BCUT2D eigenvalue weighted by atomic mass is 9.87. The van der Waals surface area contributed by atoms with Crippen LogP contribution < -0.4 is 16.0 Å². The number of aliphatic hydroxyl groups is 1. The largest absolute Gasteiger partial charge is 0.394 e. The number of carbonyl (C=O) groups excluding carboxylic acids is 1. The summed E-state index contributed by atoms with van der Waals surface area (Å²) in [5.41, 5.74) is 2.55. The van der Waals surface area contributed by atoms with Crippen molar-refractivity contribution in [3.05, 3.63) is 23.8 Å². The second-order valence-electron chi connectivity index (χ2n) is 6.62. The van der Waals surface area contributed by atoms with E-state index < -0.39 is 0 Å². The molecule has 23 heavy (non-hydrogen) atoms. The minimum atomic E-state index is -0.308. The van der Waals surface area contributed by atoms with Crippen LogP contribution in [0.15, 0.2) is 18.2 Å². The van der Waals surface area contributed by atoms with Crippen LogP contribution in [-0.4, -0.2) is 42.3 Å². The zero-order valence-electron chi connectivity index (χ0n) is 14.7. The van der Waals surface area contributed by atoms with Crippen LogP contribution in [-0.2, 0) is 0 Å². The van der Waals surface area contributed by atoms with Gasteiger partial charge in [0.25, 0.3) is 0 Å². The van der Waals surface area contributed by atoms with Gasteiger partial charge in [0.1, 0.15) is 0 Å². The molecule has 1 aromatic rings. The van der Waals surface area contributed by atoms with Crippen molar-refractivity contribution in [3.8, 4) is 0 Å². The molecule has 0 heterocycles. The lowest BCUT2D eigenvalue weighted by Gasteiger charge is -2.30. The van der Waals surface area contributed by atoms with E-state index in [9.17, 15) is 9.90 Å². The average Bonchev–Trinajstić information content (AvgIpc) is 2.46. The fourth-order valence-electron chi connectivity index (χ4n) is 2.14. The topological polar surface area (TPSA) is 73.4 Å². The molecule has 1 atom stereocenters. The number of thioether (sulfide) groups is 1. The van der Waals surface area contributed by atoms with Gasteiger partial charge in [-0.3, -0.25) is 0 Å². The van der Waals surface area contributed by atoms with Crippen molar-refractivity contribution in [3.63, 3.8) is 0 Å². The number of nitrogens with one attached hydrogen (secondary N) is 3. The number of aryl methyl sites for hydroxylation is 1. The van der Waals surface area contributed by atoms with Gasteiger partial charge >= 0.3 is 6.03 Å². The number of carbonyl (C=O) groups is 1. The first kappa shape index (κ1) is 19.6. The summed E-state index contributed by atoms with van der Waals surface area (Å²) in [6, 6.07) is 5.19. The predicted molar refractivity (Wildman–Crippen MR) is 101 cm³/mol. The van der Waals surface area contributed by atoms with E-state index in [1.54, 1.807) is 11.8 Å². The van der Waals surface area contributed by atoms with E-state index in [1.165, 1.54) is 0 Å². The Morgan fingerprint density at radius 3 is 2.61 bits per heavy atom. The second-order valence-corrected chi connectivity index (χ2v) is 7.60. The summed E-state index contributed by atoms with van der Waals surface area (Å²) >= 11 is 1.77. The molecule has 0 bridgehead atoms. The van der Waals surface area contributed by atoms with Crippen molar-refractivity contribution < 1.29 is 9.90 Å². The molecular formula is C17H29N3O2S. The molecule has 4 N–H and O–H groups in total. The van der Waals surface area contributed by atoms with Crippen molar-refractivity contribution in [2.45, 2.75) is 33.7 Å². The fourth-order valence-corrected chi connectivity index (χ4v) is 2.44. The Labute approximate surface area is 143 Å². The Kier molecular flexibility index (Phi) is 7.72. The van der Waals surface area contributed by atoms with E-state index >= 15 is 0 Å². The third-order valence-electron chi connectivity index (χ3n) is 3.66. The molecule has 0 saturated carbocycles. The second kappa shape index (κ2) is 9.03. The molecule has 1 aromatic carbocycles. The molecule has 130 valence electrons. The van der Waals surface area contributed by atoms with Gasteiger partial charge in [-0.05, 0) is 30.2 Å². The average molecular weight is 340 g/mol. The normalized spacial score (nSPS) is 12.6. The fraction of sp³-hybridized carbons (Fsp3) is 0.588. The molecular weight excluding hydrogens is 310 g/mol. The van der Waals surface area contributed by atoms with Gasteiger partial charge in [0, 0.05) is 12.3 Å². The Balaban J connectivity index is 2.79. The zero-order valence-corrected chi connectivity index (χ0v) is 15.5. The maximum absolute atomic E-state index is 12.3. The molecule has 0 saturated heterocycles. The quantitative estimate of drug-likeness (QED) is 0.575. The lowest BCUT2D eigenvalue weighted by Crippen LogP contribution is -2.47. The van der Waals surface area contributed by atoms with Crippen molar-refractivity contribution in [1.82, 2.24) is 5.32 Å². The number of hydrogen-bond acceptors (Lipinski definition) is 4. The van der Waals surface area contributed by atoms with Gasteiger partial charge in [-0.15, -0.1) is 0 Å². The number of amides is 2. The number of aliphatic hydroxyl groups excluding tert-OH is 1. The number of benzene rings is 1. The van der Waals surface area contributed by atoms with Crippen LogP contribution in [0.5, 0.6) is 0 Å². The molecule has 0 aliphatic carbocycles. The van der Waals surface area contributed by atoms with Gasteiger partial charge < -0.3 is 21.1 Å². The Hall–Kier alpha value is -1.40. The van der Waals surface area contributed by atoms with Gasteiger partial charge in [-0.1, -0.05) is 32.9 Å². The summed E-state index contributed by atoms with van der Waals surface area (Å²) in [7, 11) is 0. The molecule has 0 radical (unpaired) electrons. The van der Waals surface area contributed by atoms with Crippen LogP contribution in [0.25, 0.3) is 0 Å². The number of para-hydroxylation sites is 1. The number of anilines is 2. The van der Waals surface area contributed by atoms with Gasteiger partial charge in [0.2, 0.25) is 0 Å². The minimum Gasteiger partial charge on any atom is -0.394 e. The van der Waals surface area contributed by atoms with E-state index in [0.29, 0.717) is 0 Å². The van der Waals surface area contributed by atoms with Crippen LogP contribution in [0.4, 0.5) is 16.2 Å². The monoisotopic (exact) mass is 339 g/mol. The van der Waals surface area contributed by atoms with Crippen molar-refractivity contribution >= 4 is 29.2 Å². The summed E-state index contributed by atoms with van der Waals surface area (Å²) in [4.78, 5) is 12.3. The molecule has 1 rings (SSSR count). The molecule has 0 fully saturated rings. The molecule has 0 aliphatic rings. The highest BCUT2D eigenvalue weighted by atomic mass is 32.2. The summed E-state index contributed by atoms with van der Waals surface area (Å²) in [6.45, 7) is 8.70. The number of urea groups is 1. The molecule has 2 amide bonds.